The Morgan fingerprint density at radius 3 is 3.00 bits per heavy atom. The molecule has 0 N–H and O–H groups in total. The molecule has 1 saturated carbocycles. The molecule has 1 aliphatic carbocycles. The first-order valence-electron chi connectivity index (χ1n) is 4.38. The van der Waals surface area contributed by atoms with Gasteiger partial charge in [0.05, 0.1) is 11.7 Å². The van der Waals surface area contributed by atoms with Gasteiger partial charge in [0.15, 0.2) is 6.29 Å². The fraction of sp³-hybridized carbons (Fsp3) is 0.556. The number of aromatic nitrogens is 2. The highest BCUT2D eigenvalue weighted by Gasteiger charge is 2.26. The van der Waals surface area contributed by atoms with E-state index in [1.54, 1.807) is 0 Å². The minimum atomic E-state index is 0.505. The predicted octanol–water partition coefficient (Wildman–Crippen LogP) is 1.59. The zero-order chi connectivity index (χ0) is 8.55. The molecule has 0 aromatic carbocycles. The Hall–Kier alpha value is -1.12. The van der Waals surface area contributed by atoms with Crippen molar-refractivity contribution in [3.63, 3.8) is 0 Å². The van der Waals surface area contributed by atoms with Gasteiger partial charge in [0.25, 0.3) is 0 Å². The first kappa shape index (κ1) is 7.53. The predicted molar refractivity (Wildman–Crippen MR) is 45.3 cm³/mol. The maximum Gasteiger partial charge on any atom is 0.168 e. The number of carbonyl (C=O) groups excluding carboxylic acids is 1. The van der Waals surface area contributed by atoms with Crippen LogP contribution in [0.5, 0.6) is 0 Å². The van der Waals surface area contributed by atoms with Crippen molar-refractivity contribution in [2.24, 2.45) is 0 Å². The molecule has 1 aliphatic rings. The molecule has 0 spiro atoms. The summed E-state index contributed by atoms with van der Waals surface area (Å²) >= 11 is 0. The first-order valence-corrected chi connectivity index (χ1v) is 4.38. The minimum Gasteiger partial charge on any atom is -0.296 e. The van der Waals surface area contributed by atoms with Gasteiger partial charge in [-0.15, -0.1) is 0 Å². The molecule has 1 fully saturated rings. The molecule has 64 valence electrons. The number of hydrogen-bond donors (Lipinski definition) is 0. The van der Waals surface area contributed by atoms with Gasteiger partial charge in [0, 0.05) is 0 Å². The van der Waals surface area contributed by atoms with E-state index in [-0.39, 0.29) is 0 Å². The van der Waals surface area contributed by atoms with Crippen LogP contribution in [0, 0.1) is 0 Å². The second-order valence-corrected chi connectivity index (χ2v) is 3.21. The van der Waals surface area contributed by atoms with Gasteiger partial charge < -0.3 is 0 Å². The van der Waals surface area contributed by atoms with E-state index in [1.165, 1.54) is 12.8 Å². The Labute approximate surface area is 71.4 Å². The van der Waals surface area contributed by atoms with Gasteiger partial charge in [-0.05, 0) is 25.3 Å². The van der Waals surface area contributed by atoms with E-state index in [1.807, 2.05) is 17.7 Å². The molecule has 0 radical (unpaired) electrons. The quantitative estimate of drug-likeness (QED) is 0.636. The highest BCUT2D eigenvalue weighted by molar-refractivity contribution is 5.72. The summed E-state index contributed by atoms with van der Waals surface area (Å²) in [5.74, 6) is 0. The van der Waals surface area contributed by atoms with Gasteiger partial charge in [-0.1, -0.05) is 6.92 Å². The SMILES string of the molecule is CCc1cc(C=O)n(C2CC2)n1. The summed E-state index contributed by atoms with van der Waals surface area (Å²) in [6, 6.07) is 2.39. The number of aryl methyl sites for hydroxylation is 1. The summed E-state index contributed by atoms with van der Waals surface area (Å²) in [6.07, 6.45) is 4.14. The highest BCUT2D eigenvalue weighted by atomic mass is 16.1. The van der Waals surface area contributed by atoms with Crippen LogP contribution in [0.2, 0.25) is 0 Å². The largest absolute Gasteiger partial charge is 0.296 e. The number of rotatable bonds is 3. The maximum absolute atomic E-state index is 10.6. The van der Waals surface area contributed by atoms with E-state index >= 15 is 0 Å². The van der Waals surface area contributed by atoms with E-state index in [2.05, 4.69) is 5.10 Å². The van der Waals surface area contributed by atoms with Crippen molar-refractivity contribution in [3.8, 4) is 0 Å². The van der Waals surface area contributed by atoms with E-state index in [4.69, 9.17) is 0 Å². The van der Waals surface area contributed by atoms with Crippen LogP contribution in [0.15, 0.2) is 6.07 Å². The molecular weight excluding hydrogens is 152 g/mol. The number of hydrogen-bond acceptors (Lipinski definition) is 2. The molecule has 3 nitrogen and oxygen atoms in total. The zero-order valence-electron chi connectivity index (χ0n) is 7.16. The average Bonchev–Trinajstić information content (AvgIpc) is 2.85. The van der Waals surface area contributed by atoms with Gasteiger partial charge in [0.1, 0.15) is 5.69 Å². The molecule has 0 aliphatic heterocycles. The van der Waals surface area contributed by atoms with Crippen molar-refractivity contribution >= 4 is 6.29 Å². The van der Waals surface area contributed by atoms with Crippen molar-refractivity contribution in [2.45, 2.75) is 32.2 Å². The van der Waals surface area contributed by atoms with Crippen LogP contribution in [0.1, 0.15) is 42.0 Å². The molecule has 12 heavy (non-hydrogen) atoms. The third-order valence-corrected chi connectivity index (χ3v) is 2.19. The Morgan fingerprint density at radius 1 is 1.75 bits per heavy atom. The van der Waals surface area contributed by atoms with Gasteiger partial charge in [-0.25, -0.2) is 0 Å². The van der Waals surface area contributed by atoms with Crippen LogP contribution in [-0.2, 0) is 6.42 Å². The lowest BCUT2D eigenvalue weighted by molar-refractivity contribution is 0.111. The third kappa shape index (κ3) is 1.15. The number of carbonyl (C=O) groups is 1. The van der Waals surface area contributed by atoms with Crippen LogP contribution in [0.25, 0.3) is 0 Å². The molecule has 2 rings (SSSR count). The van der Waals surface area contributed by atoms with Gasteiger partial charge in [-0.2, -0.15) is 5.10 Å². The van der Waals surface area contributed by atoms with Gasteiger partial charge >= 0.3 is 0 Å². The number of aldehydes is 1. The van der Waals surface area contributed by atoms with Gasteiger partial charge in [-0.3, -0.25) is 9.48 Å². The molecule has 3 heteroatoms. The molecule has 1 heterocycles. The Bertz CT molecular complexity index is 299. The molecule has 1 aromatic heterocycles. The van der Waals surface area contributed by atoms with E-state index < -0.39 is 0 Å². The summed E-state index contributed by atoms with van der Waals surface area (Å²) in [6.45, 7) is 2.05. The van der Waals surface area contributed by atoms with Crippen LogP contribution in [0.3, 0.4) is 0 Å². The summed E-state index contributed by atoms with van der Waals surface area (Å²) in [7, 11) is 0. The Morgan fingerprint density at radius 2 is 2.50 bits per heavy atom. The van der Waals surface area contributed by atoms with Crippen molar-refractivity contribution in [2.75, 3.05) is 0 Å². The molecule has 1 aromatic rings. The maximum atomic E-state index is 10.6. The van der Waals surface area contributed by atoms with Crippen LogP contribution >= 0.6 is 0 Å². The second-order valence-electron chi connectivity index (χ2n) is 3.21. The summed E-state index contributed by atoms with van der Waals surface area (Å²) in [5.41, 5.74) is 1.75. The lowest BCUT2D eigenvalue weighted by Gasteiger charge is -1.97. The van der Waals surface area contributed by atoms with Crippen molar-refractivity contribution in [1.29, 1.82) is 0 Å². The Balaban J connectivity index is 2.36. The fourth-order valence-corrected chi connectivity index (χ4v) is 1.33. The van der Waals surface area contributed by atoms with Crippen molar-refractivity contribution < 1.29 is 4.79 Å². The number of nitrogens with zero attached hydrogens (tertiary/aromatic N) is 2. The standard InChI is InChI=1S/C9H12N2O/c1-2-7-5-9(6-12)11(10-7)8-3-4-8/h5-6,8H,2-4H2,1H3. The van der Waals surface area contributed by atoms with Crippen molar-refractivity contribution in [3.05, 3.63) is 17.5 Å². The lowest BCUT2D eigenvalue weighted by atomic mass is 10.3. The average molecular weight is 164 g/mol. The van der Waals surface area contributed by atoms with Gasteiger partial charge in [0.2, 0.25) is 0 Å². The highest BCUT2D eigenvalue weighted by Crippen LogP contribution is 2.35. The van der Waals surface area contributed by atoms with Crippen LogP contribution < -0.4 is 0 Å². The van der Waals surface area contributed by atoms with Crippen LogP contribution in [0.4, 0.5) is 0 Å². The molecular formula is C9H12N2O. The first-order chi connectivity index (χ1) is 5.85. The summed E-state index contributed by atoms with van der Waals surface area (Å²) < 4.78 is 1.87. The lowest BCUT2D eigenvalue weighted by Crippen LogP contribution is -2.01. The van der Waals surface area contributed by atoms with Crippen molar-refractivity contribution in [1.82, 2.24) is 9.78 Å². The van der Waals surface area contributed by atoms with E-state index in [0.717, 1.165) is 24.1 Å². The topological polar surface area (TPSA) is 34.9 Å². The van der Waals surface area contributed by atoms with E-state index in [9.17, 15) is 4.79 Å². The van der Waals surface area contributed by atoms with Crippen LogP contribution in [-0.4, -0.2) is 16.1 Å². The summed E-state index contributed by atoms with van der Waals surface area (Å²) in [5, 5.41) is 4.35. The summed E-state index contributed by atoms with van der Waals surface area (Å²) in [4.78, 5) is 10.6. The normalized spacial score (nSPS) is 16.4. The monoisotopic (exact) mass is 164 g/mol. The molecule has 0 atom stereocenters. The smallest absolute Gasteiger partial charge is 0.168 e. The van der Waals surface area contributed by atoms with E-state index in [0.29, 0.717) is 6.04 Å². The molecule has 0 saturated heterocycles. The molecule has 0 unspecified atom stereocenters. The zero-order valence-corrected chi connectivity index (χ0v) is 7.16. The molecule has 0 amide bonds. The minimum absolute atomic E-state index is 0.505. The Kier molecular flexibility index (Phi) is 1.71. The molecule has 0 bridgehead atoms. The third-order valence-electron chi connectivity index (χ3n) is 2.19. The fourth-order valence-electron chi connectivity index (χ4n) is 1.33. The second kappa shape index (κ2) is 2.73.